The molecule has 0 bridgehead atoms. The minimum atomic E-state index is -1.11. The summed E-state index contributed by atoms with van der Waals surface area (Å²) in [4.78, 5) is 11.3. The lowest BCUT2D eigenvalue weighted by molar-refractivity contribution is 0.0697. The van der Waals surface area contributed by atoms with Crippen LogP contribution in [0.1, 0.15) is 15.9 Å². The molecular weight excluding hydrogens is 287 g/mol. The van der Waals surface area contributed by atoms with Gasteiger partial charge in [-0.1, -0.05) is 29.3 Å². The molecule has 98 valence electrons. The minimum Gasteiger partial charge on any atom is -0.508 e. The fourth-order valence-corrected chi connectivity index (χ4v) is 2.27. The largest absolute Gasteiger partial charge is 0.508 e. The van der Waals surface area contributed by atoms with Crippen molar-refractivity contribution in [1.82, 2.24) is 0 Å². The monoisotopic (exact) mass is 296 g/mol. The highest BCUT2D eigenvalue weighted by Crippen LogP contribution is 2.34. The number of rotatable bonds is 2. The van der Waals surface area contributed by atoms with Gasteiger partial charge in [-0.2, -0.15) is 0 Å². The van der Waals surface area contributed by atoms with Gasteiger partial charge in [-0.3, -0.25) is 0 Å². The first-order valence-electron chi connectivity index (χ1n) is 5.42. The van der Waals surface area contributed by atoms with Crippen molar-refractivity contribution in [3.63, 3.8) is 0 Å². The smallest absolute Gasteiger partial charge is 0.336 e. The second-order valence-electron chi connectivity index (χ2n) is 4.12. The molecular formula is C14H10Cl2O3. The SMILES string of the molecule is Cc1cc(O)cc(C(=O)O)c1-c1ccc(Cl)c(Cl)c1. The molecule has 0 spiro atoms. The standard InChI is InChI=1S/C14H10Cl2O3/c1-7-4-9(17)6-10(14(18)19)13(7)8-2-3-11(15)12(16)5-8/h2-6,17H,1H3,(H,18,19). The van der Waals surface area contributed by atoms with Crippen molar-refractivity contribution in [3.8, 4) is 16.9 Å². The summed E-state index contributed by atoms with van der Waals surface area (Å²) < 4.78 is 0. The number of hydrogen-bond donors (Lipinski definition) is 2. The Morgan fingerprint density at radius 2 is 1.79 bits per heavy atom. The van der Waals surface area contributed by atoms with Crippen LogP contribution in [0.2, 0.25) is 10.0 Å². The first-order valence-corrected chi connectivity index (χ1v) is 6.18. The fraction of sp³-hybridized carbons (Fsp3) is 0.0714. The maximum absolute atomic E-state index is 11.3. The van der Waals surface area contributed by atoms with E-state index in [1.807, 2.05) is 0 Å². The second kappa shape index (κ2) is 5.11. The number of halogens is 2. The van der Waals surface area contributed by atoms with Crippen molar-refractivity contribution in [2.24, 2.45) is 0 Å². The molecule has 0 unspecified atom stereocenters. The van der Waals surface area contributed by atoms with Crippen molar-refractivity contribution < 1.29 is 15.0 Å². The van der Waals surface area contributed by atoms with Crippen LogP contribution in [-0.2, 0) is 0 Å². The van der Waals surface area contributed by atoms with E-state index in [0.717, 1.165) is 0 Å². The number of phenols is 1. The quantitative estimate of drug-likeness (QED) is 0.865. The van der Waals surface area contributed by atoms with Crippen LogP contribution < -0.4 is 0 Å². The Hall–Kier alpha value is -1.71. The lowest BCUT2D eigenvalue weighted by Crippen LogP contribution is -2.01. The van der Waals surface area contributed by atoms with Gasteiger partial charge in [-0.15, -0.1) is 0 Å². The van der Waals surface area contributed by atoms with E-state index in [-0.39, 0.29) is 11.3 Å². The lowest BCUT2D eigenvalue weighted by atomic mass is 9.94. The zero-order valence-corrected chi connectivity index (χ0v) is 11.5. The highest BCUT2D eigenvalue weighted by atomic mass is 35.5. The third kappa shape index (κ3) is 2.67. The number of aromatic hydroxyl groups is 1. The van der Waals surface area contributed by atoms with E-state index in [0.29, 0.717) is 26.7 Å². The molecule has 2 N–H and O–H groups in total. The molecule has 5 heteroatoms. The summed E-state index contributed by atoms with van der Waals surface area (Å²) >= 11 is 11.8. The van der Waals surface area contributed by atoms with Gasteiger partial charge in [0.2, 0.25) is 0 Å². The highest BCUT2D eigenvalue weighted by Gasteiger charge is 2.16. The Morgan fingerprint density at radius 3 is 2.37 bits per heavy atom. The molecule has 3 nitrogen and oxygen atoms in total. The van der Waals surface area contributed by atoms with Gasteiger partial charge in [-0.25, -0.2) is 4.79 Å². The van der Waals surface area contributed by atoms with Crippen LogP contribution >= 0.6 is 23.2 Å². The number of hydrogen-bond acceptors (Lipinski definition) is 2. The maximum Gasteiger partial charge on any atom is 0.336 e. The normalized spacial score (nSPS) is 10.5. The number of carboxylic acid groups (broad SMARTS) is 1. The van der Waals surface area contributed by atoms with Crippen molar-refractivity contribution in [2.75, 3.05) is 0 Å². The van der Waals surface area contributed by atoms with Crippen LogP contribution in [0.4, 0.5) is 0 Å². The summed E-state index contributed by atoms with van der Waals surface area (Å²) in [5.74, 6) is -1.20. The van der Waals surface area contributed by atoms with E-state index >= 15 is 0 Å². The van der Waals surface area contributed by atoms with Gasteiger partial charge in [-0.05, 0) is 47.9 Å². The van der Waals surface area contributed by atoms with E-state index in [4.69, 9.17) is 23.2 Å². The average molecular weight is 297 g/mol. The Balaban J connectivity index is 2.73. The van der Waals surface area contributed by atoms with E-state index in [1.165, 1.54) is 12.1 Å². The van der Waals surface area contributed by atoms with Crippen molar-refractivity contribution in [3.05, 3.63) is 51.5 Å². The Morgan fingerprint density at radius 1 is 1.11 bits per heavy atom. The van der Waals surface area contributed by atoms with E-state index in [9.17, 15) is 15.0 Å². The Labute approximate surface area is 120 Å². The predicted octanol–water partition coefficient (Wildman–Crippen LogP) is 4.37. The molecule has 0 aliphatic rings. The number of aromatic carboxylic acids is 1. The molecule has 19 heavy (non-hydrogen) atoms. The van der Waals surface area contributed by atoms with Crippen molar-refractivity contribution in [1.29, 1.82) is 0 Å². The zero-order chi connectivity index (χ0) is 14.2. The van der Waals surface area contributed by atoms with E-state index in [1.54, 1.807) is 25.1 Å². The van der Waals surface area contributed by atoms with Gasteiger partial charge in [0.25, 0.3) is 0 Å². The van der Waals surface area contributed by atoms with Crippen LogP contribution in [0.15, 0.2) is 30.3 Å². The van der Waals surface area contributed by atoms with Crippen LogP contribution in [0.25, 0.3) is 11.1 Å². The fourth-order valence-electron chi connectivity index (χ4n) is 1.97. The molecule has 2 rings (SSSR count). The van der Waals surface area contributed by atoms with E-state index < -0.39 is 5.97 Å². The third-order valence-electron chi connectivity index (χ3n) is 2.76. The predicted molar refractivity (Wildman–Crippen MR) is 75.3 cm³/mol. The summed E-state index contributed by atoms with van der Waals surface area (Å²) in [5.41, 5.74) is 1.83. The molecule has 0 saturated heterocycles. The molecule has 0 fully saturated rings. The number of carbonyl (C=O) groups is 1. The van der Waals surface area contributed by atoms with Gasteiger partial charge in [0.05, 0.1) is 15.6 Å². The number of carboxylic acids is 1. The number of phenolic OH excluding ortho intramolecular Hbond substituents is 1. The maximum atomic E-state index is 11.3. The van der Waals surface area contributed by atoms with Gasteiger partial charge in [0.15, 0.2) is 0 Å². The third-order valence-corrected chi connectivity index (χ3v) is 3.50. The molecule has 2 aromatic carbocycles. The lowest BCUT2D eigenvalue weighted by Gasteiger charge is -2.11. The first-order chi connectivity index (χ1) is 8.90. The summed E-state index contributed by atoms with van der Waals surface area (Å²) in [5, 5.41) is 19.5. The van der Waals surface area contributed by atoms with Crippen LogP contribution in [-0.4, -0.2) is 16.2 Å². The summed E-state index contributed by atoms with van der Waals surface area (Å²) in [6.07, 6.45) is 0. The molecule has 0 amide bonds. The van der Waals surface area contributed by atoms with Gasteiger partial charge < -0.3 is 10.2 Å². The molecule has 0 aliphatic heterocycles. The molecule has 0 aliphatic carbocycles. The first kappa shape index (κ1) is 13.7. The highest BCUT2D eigenvalue weighted by molar-refractivity contribution is 6.42. The summed E-state index contributed by atoms with van der Waals surface area (Å²) in [7, 11) is 0. The number of aryl methyl sites for hydroxylation is 1. The molecule has 0 saturated carbocycles. The molecule has 2 aromatic rings. The van der Waals surface area contributed by atoms with Crippen molar-refractivity contribution in [2.45, 2.75) is 6.92 Å². The van der Waals surface area contributed by atoms with Gasteiger partial charge in [0, 0.05) is 0 Å². The van der Waals surface area contributed by atoms with Gasteiger partial charge >= 0.3 is 5.97 Å². The summed E-state index contributed by atoms with van der Waals surface area (Å²) in [6, 6.07) is 7.63. The van der Waals surface area contributed by atoms with Crippen molar-refractivity contribution >= 4 is 29.2 Å². The zero-order valence-electron chi connectivity index (χ0n) is 9.95. The van der Waals surface area contributed by atoms with Crippen LogP contribution in [0.3, 0.4) is 0 Å². The summed E-state index contributed by atoms with van der Waals surface area (Å²) in [6.45, 7) is 1.73. The van der Waals surface area contributed by atoms with Gasteiger partial charge in [0.1, 0.15) is 5.75 Å². The Kier molecular flexibility index (Phi) is 3.69. The van der Waals surface area contributed by atoms with E-state index in [2.05, 4.69) is 0 Å². The topological polar surface area (TPSA) is 57.5 Å². The molecule has 0 atom stereocenters. The average Bonchev–Trinajstić information content (AvgIpc) is 2.32. The minimum absolute atomic E-state index is 0.0240. The van der Waals surface area contributed by atoms with Crippen LogP contribution in [0, 0.1) is 6.92 Å². The second-order valence-corrected chi connectivity index (χ2v) is 4.93. The molecule has 0 radical (unpaired) electrons. The number of benzene rings is 2. The van der Waals surface area contributed by atoms with Crippen LogP contribution in [0.5, 0.6) is 5.75 Å². The molecule has 0 aromatic heterocycles. The Bertz CT molecular complexity index is 666. The molecule has 0 heterocycles.